The number of rotatable bonds is 6. The molecular formula is C23H34N4O5S. The topological polar surface area (TPSA) is 99.3 Å². The van der Waals surface area contributed by atoms with Gasteiger partial charge in [-0.25, -0.2) is 8.42 Å². The molecule has 0 aromatic heterocycles. The summed E-state index contributed by atoms with van der Waals surface area (Å²) >= 11 is 0. The van der Waals surface area contributed by atoms with Crippen molar-refractivity contribution in [1.82, 2.24) is 9.21 Å². The zero-order valence-corrected chi connectivity index (χ0v) is 20.3. The van der Waals surface area contributed by atoms with Gasteiger partial charge in [-0.15, -0.1) is 0 Å². The molecule has 3 aliphatic rings. The van der Waals surface area contributed by atoms with Crippen molar-refractivity contribution in [3.8, 4) is 0 Å². The highest BCUT2D eigenvalue weighted by Gasteiger charge is 2.36. The third kappa shape index (κ3) is 5.17. The lowest BCUT2D eigenvalue weighted by Gasteiger charge is -2.31. The number of piperidine rings is 1. The molecule has 0 saturated carbocycles. The van der Waals surface area contributed by atoms with Crippen molar-refractivity contribution in [2.45, 2.75) is 50.5 Å². The fraction of sp³-hybridized carbons (Fsp3) is 0.652. The highest BCUT2D eigenvalue weighted by atomic mass is 32.2. The Labute approximate surface area is 196 Å². The Morgan fingerprint density at radius 1 is 1.09 bits per heavy atom. The number of amides is 2. The number of carbonyl (C=O) groups excluding carboxylic acids is 2. The minimum Gasteiger partial charge on any atom is -0.378 e. The van der Waals surface area contributed by atoms with Gasteiger partial charge in [0.1, 0.15) is 0 Å². The van der Waals surface area contributed by atoms with Crippen LogP contribution in [0.4, 0.5) is 11.4 Å². The van der Waals surface area contributed by atoms with Crippen LogP contribution in [0.3, 0.4) is 0 Å². The molecule has 3 fully saturated rings. The summed E-state index contributed by atoms with van der Waals surface area (Å²) in [6.45, 7) is 7.74. The SMILES string of the molecule is CC(C)N1CC(C(=O)Nc2cc(S(=O)(=O)N3CCCCC3)ccc2N2CCOCC2)CC1=O. The van der Waals surface area contributed by atoms with E-state index in [-0.39, 0.29) is 29.2 Å². The summed E-state index contributed by atoms with van der Waals surface area (Å²) in [5.41, 5.74) is 1.24. The fourth-order valence-electron chi connectivity index (χ4n) is 4.75. The molecule has 10 heteroatoms. The van der Waals surface area contributed by atoms with Crippen molar-refractivity contribution in [2.75, 3.05) is 56.2 Å². The first-order valence-electron chi connectivity index (χ1n) is 11.8. The van der Waals surface area contributed by atoms with E-state index in [9.17, 15) is 18.0 Å². The van der Waals surface area contributed by atoms with Crippen LogP contribution < -0.4 is 10.2 Å². The van der Waals surface area contributed by atoms with Crippen LogP contribution in [0.15, 0.2) is 23.1 Å². The maximum Gasteiger partial charge on any atom is 0.243 e. The van der Waals surface area contributed by atoms with Crippen LogP contribution in [0.1, 0.15) is 39.5 Å². The van der Waals surface area contributed by atoms with Crippen LogP contribution in [-0.2, 0) is 24.3 Å². The molecule has 1 N–H and O–H groups in total. The van der Waals surface area contributed by atoms with Crippen molar-refractivity contribution < 1.29 is 22.7 Å². The number of ether oxygens (including phenoxy) is 1. The molecule has 1 aromatic carbocycles. The second kappa shape index (κ2) is 9.99. The quantitative estimate of drug-likeness (QED) is 0.670. The van der Waals surface area contributed by atoms with Crippen molar-refractivity contribution >= 4 is 33.2 Å². The van der Waals surface area contributed by atoms with E-state index < -0.39 is 15.9 Å². The van der Waals surface area contributed by atoms with E-state index in [0.29, 0.717) is 51.6 Å². The highest BCUT2D eigenvalue weighted by molar-refractivity contribution is 7.89. The average molecular weight is 479 g/mol. The molecule has 3 saturated heterocycles. The maximum atomic E-state index is 13.3. The Morgan fingerprint density at radius 3 is 2.42 bits per heavy atom. The van der Waals surface area contributed by atoms with Crippen molar-refractivity contribution in [3.05, 3.63) is 18.2 Å². The Hall–Kier alpha value is -2.17. The molecule has 1 aromatic rings. The summed E-state index contributed by atoms with van der Waals surface area (Å²) < 4.78 is 33.5. The highest BCUT2D eigenvalue weighted by Crippen LogP contribution is 2.33. The van der Waals surface area contributed by atoms with Crippen LogP contribution in [0.2, 0.25) is 0 Å². The summed E-state index contributed by atoms with van der Waals surface area (Å²) in [5.74, 6) is -0.742. The Bertz CT molecular complexity index is 985. The van der Waals surface area contributed by atoms with Crippen molar-refractivity contribution in [3.63, 3.8) is 0 Å². The van der Waals surface area contributed by atoms with Gasteiger partial charge in [-0.2, -0.15) is 4.31 Å². The van der Waals surface area contributed by atoms with E-state index in [4.69, 9.17) is 4.74 Å². The predicted molar refractivity (Wildman–Crippen MR) is 126 cm³/mol. The van der Waals surface area contributed by atoms with Gasteiger partial charge in [0.25, 0.3) is 0 Å². The van der Waals surface area contributed by atoms with E-state index in [1.807, 2.05) is 13.8 Å². The summed E-state index contributed by atoms with van der Waals surface area (Å²) in [5, 5.41) is 2.96. The van der Waals surface area contributed by atoms with E-state index >= 15 is 0 Å². The number of nitrogens with one attached hydrogen (secondary N) is 1. The molecule has 4 rings (SSSR count). The smallest absolute Gasteiger partial charge is 0.243 e. The molecule has 1 atom stereocenters. The van der Waals surface area contributed by atoms with Crippen molar-refractivity contribution in [1.29, 1.82) is 0 Å². The van der Waals surface area contributed by atoms with Crippen LogP contribution in [0.25, 0.3) is 0 Å². The first-order chi connectivity index (χ1) is 15.8. The molecule has 0 spiro atoms. The number of carbonyl (C=O) groups is 2. The second-order valence-electron chi connectivity index (χ2n) is 9.27. The summed E-state index contributed by atoms with van der Waals surface area (Å²) in [4.78, 5) is 29.4. The number of sulfonamides is 1. The Balaban J connectivity index is 1.61. The lowest BCUT2D eigenvalue weighted by molar-refractivity contribution is -0.129. The van der Waals surface area contributed by atoms with E-state index in [2.05, 4.69) is 10.2 Å². The van der Waals surface area contributed by atoms with Crippen LogP contribution in [0, 0.1) is 5.92 Å². The van der Waals surface area contributed by atoms with Gasteiger partial charge in [-0.1, -0.05) is 6.42 Å². The minimum absolute atomic E-state index is 0.0278. The first kappa shape index (κ1) is 24.0. The summed E-state index contributed by atoms with van der Waals surface area (Å²) in [7, 11) is -3.64. The molecule has 1 unspecified atom stereocenters. The average Bonchev–Trinajstić information content (AvgIpc) is 3.22. The zero-order valence-electron chi connectivity index (χ0n) is 19.5. The Kier molecular flexibility index (Phi) is 7.25. The maximum absolute atomic E-state index is 13.3. The molecule has 0 radical (unpaired) electrons. The number of likely N-dealkylation sites (tertiary alicyclic amines) is 1. The van der Waals surface area contributed by atoms with Gasteiger partial charge in [-0.3, -0.25) is 9.59 Å². The van der Waals surface area contributed by atoms with Crippen LogP contribution in [-0.4, -0.2) is 81.4 Å². The van der Waals surface area contributed by atoms with Gasteiger partial charge in [0.2, 0.25) is 21.8 Å². The van der Waals surface area contributed by atoms with Gasteiger partial charge in [-0.05, 0) is 44.9 Å². The molecule has 3 aliphatic heterocycles. The van der Waals surface area contributed by atoms with Crippen LogP contribution >= 0.6 is 0 Å². The number of anilines is 2. The van der Waals surface area contributed by atoms with Gasteiger partial charge >= 0.3 is 0 Å². The van der Waals surface area contributed by atoms with Gasteiger partial charge < -0.3 is 19.9 Å². The predicted octanol–water partition coefficient (Wildman–Crippen LogP) is 1.89. The zero-order chi connectivity index (χ0) is 23.6. The van der Waals surface area contributed by atoms with Gasteiger partial charge in [0, 0.05) is 45.2 Å². The first-order valence-corrected chi connectivity index (χ1v) is 13.3. The van der Waals surface area contributed by atoms with E-state index in [1.165, 1.54) is 4.31 Å². The number of nitrogens with zero attached hydrogens (tertiary/aromatic N) is 3. The van der Waals surface area contributed by atoms with Gasteiger partial charge in [0.15, 0.2) is 0 Å². The molecule has 0 bridgehead atoms. The molecular weight excluding hydrogens is 444 g/mol. The number of morpholine rings is 1. The monoisotopic (exact) mass is 478 g/mol. The number of hydrogen-bond acceptors (Lipinski definition) is 6. The Morgan fingerprint density at radius 2 is 1.79 bits per heavy atom. The summed E-state index contributed by atoms with van der Waals surface area (Å²) in [6.07, 6.45) is 2.92. The van der Waals surface area contributed by atoms with E-state index in [0.717, 1.165) is 24.9 Å². The van der Waals surface area contributed by atoms with Gasteiger partial charge in [0.05, 0.1) is 35.4 Å². The third-order valence-corrected chi connectivity index (χ3v) is 8.58. The molecule has 182 valence electrons. The fourth-order valence-corrected chi connectivity index (χ4v) is 6.29. The standard InChI is InChI=1S/C23H34N4O5S/c1-17(2)27-16-18(14-22(27)28)23(29)24-20-15-19(33(30,31)26-8-4-3-5-9-26)6-7-21(20)25-10-12-32-13-11-25/h6-7,15,17-18H,3-5,8-14,16H2,1-2H3,(H,24,29). The second-order valence-corrected chi connectivity index (χ2v) is 11.2. The number of hydrogen-bond donors (Lipinski definition) is 1. The normalized spacial score (nSPS) is 22.8. The molecule has 0 aliphatic carbocycles. The van der Waals surface area contributed by atoms with Crippen molar-refractivity contribution in [2.24, 2.45) is 5.92 Å². The molecule has 33 heavy (non-hydrogen) atoms. The minimum atomic E-state index is -3.64. The molecule has 3 heterocycles. The lowest BCUT2D eigenvalue weighted by Crippen LogP contribution is -2.38. The number of benzene rings is 1. The third-order valence-electron chi connectivity index (χ3n) is 6.68. The molecule has 9 nitrogen and oxygen atoms in total. The lowest BCUT2D eigenvalue weighted by atomic mass is 10.1. The molecule has 2 amide bonds. The summed E-state index contributed by atoms with van der Waals surface area (Å²) in [6, 6.07) is 5.02. The van der Waals surface area contributed by atoms with E-state index in [1.54, 1.807) is 23.1 Å². The largest absolute Gasteiger partial charge is 0.378 e. The van der Waals surface area contributed by atoms with Crippen LogP contribution in [0.5, 0.6) is 0 Å².